The molecule has 1 unspecified atom stereocenters. The predicted molar refractivity (Wildman–Crippen MR) is 82.9 cm³/mol. The molecule has 6 heteroatoms. The normalized spacial score (nSPS) is 20.8. The van der Waals surface area contributed by atoms with E-state index in [1.807, 2.05) is 0 Å². The fourth-order valence-electron chi connectivity index (χ4n) is 3.39. The van der Waals surface area contributed by atoms with Crippen LogP contribution >= 0.6 is 0 Å². The number of rotatable bonds is 4. The summed E-state index contributed by atoms with van der Waals surface area (Å²) >= 11 is 0. The second kappa shape index (κ2) is 6.50. The standard InChI is InChI=1S/C17H20N2O4/c20-10-8-12-5-3-4-9-18(12)15(21)11-19-16(22)13-6-1-2-7-14(13)17(19)23/h1-2,6-7,12,20H,3-5,8-11H2. The van der Waals surface area contributed by atoms with Gasteiger partial charge in [-0.1, -0.05) is 12.1 Å². The van der Waals surface area contributed by atoms with Crippen molar-refractivity contribution < 1.29 is 19.5 Å². The second-order valence-corrected chi connectivity index (χ2v) is 5.99. The highest BCUT2D eigenvalue weighted by Crippen LogP contribution is 2.24. The molecule has 0 saturated carbocycles. The molecular formula is C17H20N2O4. The molecule has 1 N–H and O–H groups in total. The summed E-state index contributed by atoms with van der Waals surface area (Å²) in [4.78, 5) is 40.0. The van der Waals surface area contributed by atoms with Crippen molar-refractivity contribution in [2.75, 3.05) is 19.7 Å². The lowest BCUT2D eigenvalue weighted by Crippen LogP contribution is -2.49. The Morgan fingerprint density at radius 2 is 1.78 bits per heavy atom. The molecule has 6 nitrogen and oxygen atoms in total. The van der Waals surface area contributed by atoms with Gasteiger partial charge in [0.05, 0.1) is 11.1 Å². The molecule has 1 atom stereocenters. The Morgan fingerprint density at radius 3 is 2.39 bits per heavy atom. The van der Waals surface area contributed by atoms with Crippen LogP contribution in [0.5, 0.6) is 0 Å². The molecule has 0 spiro atoms. The number of amides is 3. The zero-order valence-electron chi connectivity index (χ0n) is 12.9. The van der Waals surface area contributed by atoms with E-state index in [4.69, 9.17) is 5.11 Å². The van der Waals surface area contributed by atoms with Crippen molar-refractivity contribution in [2.45, 2.75) is 31.7 Å². The lowest BCUT2D eigenvalue weighted by molar-refractivity contribution is -0.135. The first-order valence-corrected chi connectivity index (χ1v) is 7.99. The maximum Gasteiger partial charge on any atom is 0.262 e. The minimum Gasteiger partial charge on any atom is -0.396 e. The van der Waals surface area contributed by atoms with Crippen LogP contribution in [0.1, 0.15) is 46.4 Å². The summed E-state index contributed by atoms with van der Waals surface area (Å²) in [5.74, 6) is -1.04. The molecule has 2 aliphatic rings. The number of aliphatic hydroxyl groups is 1. The highest BCUT2D eigenvalue weighted by Gasteiger charge is 2.38. The summed E-state index contributed by atoms with van der Waals surface area (Å²) in [6.07, 6.45) is 3.33. The highest BCUT2D eigenvalue weighted by atomic mass is 16.3. The summed E-state index contributed by atoms with van der Waals surface area (Å²) in [6, 6.07) is 6.62. The van der Waals surface area contributed by atoms with Gasteiger partial charge in [0.2, 0.25) is 5.91 Å². The molecule has 0 aromatic heterocycles. The Labute approximate surface area is 134 Å². The monoisotopic (exact) mass is 316 g/mol. The zero-order valence-corrected chi connectivity index (χ0v) is 12.9. The SMILES string of the molecule is O=C1c2ccccc2C(=O)N1CC(=O)N1CCCCC1CCO. The maximum absolute atomic E-state index is 12.6. The quantitative estimate of drug-likeness (QED) is 0.842. The lowest BCUT2D eigenvalue weighted by atomic mass is 9.99. The van der Waals surface area contributed by atoms with Crippen LogP contribution in [0, 0.1) is 0 Å². The third kappa shape index (κ3) is 2.86. The summed E-state index contributed by atoms with van der Waals surface area (Å²) < 4.78 is 0. The van der Waals surface area contributed by atoms with Gasteiger partial charge in [-0.2, -0.15) is 0 Å². The van der Waals surface area contributed by atoms with Gasteiger partial charge in [-0.3, -0.25) is 19.3 Å². The first-order valence-electron chi connectivity index (χ1n) is 7.99. The number of piperidine rings is 1. The van der Waals surface area contributed by atoms with Crippen LogP contribution in [0.2, 0.25) is 0 Å². The van der Waals surface area contributed by atoms with Crippen molar-refractivity contribution >= 4 is 17.7 Å². The van der Waals surface area contributed by atoms with E-state index >= 15 is 0 Å². The first kappa shape index (κ1) is 15.7. The molecular weight excluding hydrogens is 296 g/mol. The average Bonchev–Trinajstić information content (AvgIpc) is 2.81. The van der Waals surface area contributed by atoms with E-state index in [9.17, 15) is 14.4 Å². The van der Waals surface area contributed by atoms with E-state index in [-0.39, 0.29) is 25.1 Å². The van der Waals surface area contributed by atoms with Crippen LogP contribution in [0.25, 0.3) is 0 Å². The molecule has 0 bridgehead atoms. The topological polar surface area (TPSA) is 77.9 Å². The van der Waals surface area contributed by atoms with Crippen molar-refractivity contribution in [3.05, 3.63) is 35.4 Å². The maximum atomic E-state index is 12.6. The third-order valence-electron chi connectivity index (χ3n) is 4.58. The number of imide groups is 1. The van der Waals surface area contributed by atoms with E-state index in [2.05, 4.69) is 0 Å². The van der Waals surface area contributed by atoms with Gasteiger partial charge in [0.15, 0.2) is 0 Å². The van der Waals surface area contributed by atoms with Crippen molar-refractivity contribution in [3.8, 4) is 0 Å². The van der Waals surface area contributed by atoms with Crippen LogP contribution in [0.4, 0.5) is 0 Å². The molecule has 3 amide bonds. The number of fused-ring (bicyclic) bond motifs is 1. The molecule has 1 aromatic rings. The molecule has 2 aliphatic heterocycles. The average molecular weight is 316 g/mol. The fraction of sp³-hybridized carbons (Fsp3) is 0.471. The van der Waals surface area contributed by atoms with E-state index in [0.29, 0.717) is 24.1 Å². The molecule has 0 radical (unpaired) electrons. The van der Waals surface area contributed by atoms with E-state index in [0.717, 1.165) is 24.2 Å². The van der Waals surface area contributed by atoms with Gasteiger partial charge in [-0.05, 0) is 37.8 Å². The number of nitrogens with zero attached hydrogens (tertiary/aromatic N) is 2. The van der Waals surface area contributed by atoms with Gasteiger partial charge in [0, 0.05) is 19.2 Å². The molecule has 23 heavy (non-hydrogen) atoms. The van der Waals surface area contributed by atoms with Gasteiger partial charge in [-0.25, -0.2) is 0 Å². The Hall–Kier alpha value is -2.21. The van der Waals surface area contributed by atoms with E-state index < -0.39 is 11.8 Å². The number of aliphatic hydroxyl groups excluding tert-OH is 1. The Kier molecular flexibility index (Phi) is 4.43. The number of carbonyl (C=O) groups excluding carboxylic acids is 3. The summed E-state index contributed by atoms with van der Waals surface area (Å²) in [5, 5.41) is 9.15. The number of hydrogen-bond donors (Lipinski definition) is 1. The number of carbonyl (C=O) groups is 3. The van der Waals surface area contributed by atoms with Crippen LogP contribution in [-0.4, -0.2) is 58.4 Å². The second-order valence-electron chi connectivity index (χ2n) is 5.99. The van der Waals surface area contributed by atoms with Crippen LogP contribution < -0.4 is 0 Å². The van der Waals surface area contributed by atoms with Crippen LogP contribution in [-0.2, 0) is 4.79 Å². The van der Waals surface area contributed by atoms with Crippen LogP contribution in [0.15, 0.2) is 24.3 Å². The van der Waals surface area contributed by atoms with Crippen molar-refractivity contribution in [1.29, 1.82) is 0 Å². The van der Waals surface area contributed by atoms with E-state index in [1.165, 1.54) is 0 Å². The fourth-order valence-corrected chi connectivity index (χ4v) is 3.39. The molecule has 1 saturated heterocycles. The van der Waals surface area contributed by atoms with Gasteiger partial charge in [0.25, 0.3) is 11.8 Å². The molecule has 3 rings (SSSR count). The number of hydrogen-bond acceptors (Lipinski definition) is 4. The Morgan fingerprint density at radius 1 is 1.13 bits per heavy atom. The lowest BCUT2D eigenvalue weighted by Gasteiger charge is -2.36. The van der Waals surface area contributed by atoms with Gasteiger partial charge in [-0.15, -0.1) is 0 Å². The molecule has 0 aliphatic carbocycles. The molecule has 1 fully saturated rings. The van der Waals surface area contributed by atoms with Gasteiger partial charge < -0.3 is 10.0 Å². The van der Waals surface area contributed by atoms with Crippen molar-refractivity contribution in [2.24, 2.45) is 0 Å². The molecule has 1 aromatic carbocycles. The number of likely N-dealkylation sites (tertiary alicyclic amines) is 1. The third-order valence-corrected chi connectivity index (χ3v) is 4.58. The predicted octanol–water partition coefficient (Wildman–Crippen LogP) is 1.05. The summed E-state index contributed by atoms with van der Waals surface area (Å²) in [7, 11) is 0. The smallest absolute Gasteiger partial charge is 0.262 e. The Bertz CT molecular complexity index is 606. The number of benzene rings is 1. The molecule has 122 valence electrons. The first-order chi connectivity index (χ1) is 11.1. The summed E-state index contributed by atoms with van der Waals surface area (Å²) in [6.45, 7) is 0.419. The Balaban J connectivity index is 1.73. The zero-order chi connectivity index (χ0) is 16.4. The summed E-state index contributed by atoms with van der Waals surface area (Å²) in [5.41, 5.74) is 0.715. The molecule has 2 heterocycles. The minimum atomic E-state index is -0.408. The van der Waals surface area contributed by atoms with Gasteiger partial charge >= 0.3 is 0 Å². The van der Waals surface area contributed by atoms with Crippen molar-refractivity contribution in [3.63, 3.8) is 0 Å². The highest BCUT2D eigenvalue weighted by molar-refractivity contribution is 6.22. The minimum absolute atomic E-state index is 0.00330. The van der Waals surface area contributed by atoms with E-state index in [1.54, 1.807) is 29.2 Å². The van der Waals surface area contributed by atoms with Gasteiger partial charge in [0.1, 0.15) is 6.54 Å². The largest absolute Gasteiger partial charge is 0.396 e. The van der Waals surface area contributed by atoms with Crippen LogP contribution in [0.3, 0.4) is 0 Å². The van der Waals surface area contributed by atoms with Crippen molar-refractivity contribution in [1.82, 2.24) is 9.80 Å².